The molecule has 0 aromatic rings. The number of ether oxygens (including phenoxy) is 2. The van der Waals surface area contributed by atoms with Gasteiger partial charge in [0.25, 0.3) is 0 Å². The molecule has 0 N–H and O–H groups in total. The monoisotopic (exact) mass is 414 g/mol. The second-order valence-corrected chi connectivity index (χ2v) is 9.03. The van der Waals surface area contributed by atoms with Crippen LogP contribution in [0.15, 0.2) is 48.6 Å². The minimum atomic E-state index is 0.475. The van der Waals surface area contributed by atoms with Gasteiger partial charge in [-0.25, -0.2) is 0 Å². The molecule has 0 unspecified atom stereocenters. The lowest BCUT2D eigenvalue weighted by molar-refractivity contribution is 0.00196. The summed E-state index contributed by atoms with van der Waals surface area (Å²) in [5.74, 6) is 1.84. The van der Waals surface area contributed by atoms with E-state index in [1.807, 2.05) is 0 Å². The Bertz CT molecular complexity index is 467. The number of allylic oxidation sites excluding steroid dienone is 6. The van der Waals surface area contributed by atoms with Crippen molar-refractivity contribution in [3.8, 4) is 0 Å². The summed E-state index contributed by atoms with van der Waals surface area (Å²) >= 11 is 0. The zero-order valence-electron chi connectivity index (χ0n) is 19.6. The van der Waals surface area contributed by atoms with Crippen molar-refractivity contribution in [1.29, 1.82) is 0 Å². The van der Waals surface area contributed by atoms with Crippen LogP contribution in [0.1, 0.15) is 90.9 Å². The lowest BCUT2D eigenvalue weighted by atomic mass is 9.72. The smallest absolute Gasteiger partial charge is 0.0654 e. The maximum atomic E-state index is 6.08. The van der Waals surface area contributed by atoms with Crippen LogP contribution in [0.2, 0.25) is 0 Å². The summed E-state index contributed by atoms with van der Waals surface area (Å²) in [7, 11) is 0. The molecule has 0 bridgehead atoms. The van der Waals surface area contributed by atoms with Crippen LogP contribution in [0.25, 0.3) is 0 Å². The van der Waals surface area contributed by atoms with Crippen molar-refractivity contribution >= 4 is 0 Å². The normalized spacial score (nSPS) is 28.5. The molecule has 2 nitrogen and oxygen atoms in total. The second-order valence-electron chi connectivity index (χ2n) is 9.03. The lowest BCUT2D eigenvalue weighted by Crippen LogP contribution is -2.30. The molecule has 0 spiro atoms. The quantitative estimate of drug-likeness (QED) is 0.285. The van der Waals surface area contributed by atoms with Gasteiger partial charge in [-0.1, -0.05) is 75.3 Å². The molecular weight excluding hydrogens is 368 g/mol. The number of hydrogen-bond acceptors (Lipinski definition) is 2. The van der Waals surface area contributed by atoms with Gasteiger partial charge in [-0.15, -0.1) is 0 Å². The summed E-state index contributed by atoms with van der Waals surface area (Å²) in [5.41, 5.74) is 0. The maximum absolute atomic E-state index is 6.08. The molecule has 0 aromatic heterocycles. The molecule has 0 amide bonds. The fraction of sp³-hybridized carbons (Fsp3) is 0.714. The van der Waals surface area contributed by atoms with Gasteiger partial charge in [0, 0.05) is 0 Å². The fourth-order valence-corrected chi connectivity index (χ4v) is 4.79. The third kappa shape index (κ3) is 10.8. The highest BCUT2D eigenvalue weighted by molar-refractivity contribution is 5.03. The zero-order valence-corrected chi connectivity index (χ0v) is 19.6. The first-order valence-electron chi connectivity index (χ1n) is 12.7. The van der Waals surface area contributed by atoms with Crippen LogP contribution in [-0.4, -0.2) is 25.4 Å². The lowest BCUT2D eigenvalue weighted by Gasteiger charge is -2.37. The molecule has 0 heterocycles. The van der Waals surface area contributed by atoms with E-state index in [-0.39, 0.29) is 0 Å². The van der Waals surface area contributed by atoms with Gasteiger partial charge in [-0.3, -0.25) is 0 Å². The number of unbranched alkanes of at least 4 members (excludes halogenated alkanes) is 2. The first-order valence-corrected chi connectivity index (χ1v) is 12.7. The van der Waals surface area contributed by atoms with E-state index < -0.39 is 0 Å². The number of hydrogen-bond donors (Lipinski definition) is 0. The summed E-state index contributed by atoms with van der Waals surface area (Å²) in [6.45, 7) is 5.94. The van der Waals surface area contributed by atoms with Crippen molar-refractivity contribution in [2.75, 3.05) is 13.2 Å². The Morgan fingerprint density at radius 3 is 1.27 bits per heavy atom. The van der Waals surface area contributed by atoms with Gasteiger partial charge in [0.2, 0.25) is 0 Å². The Morgan fingerprint density at radius 2 is 0.900 bits per heavy atom. The van der Waals surface area contributed by atoms with Crippen molar-refractivity contribution in [3.05, 3.63) is 48.6 Å². The third-order valence-corrected chi connectivity index (χ3v) is 6.64. The molecule has 0 radical (unpaired) electrons. The summed E-state index contributed by atoms with van der Waals surface area (Å²) < 4.78 is 12.2. The molecule has 0 saturated heterocycles. The summed E-state index contributed by atoms with van der Waals surface area (Å²) in [5, 5.41) is 0. The van der Waals surface area contributed by atoms with Crippen molar-refractivity contribution in [3.63, 3.8) is 0 Å². The van der Waals surface area contributed by atoms with E-state index >= 15 is 0 Å². The van der Waals surface area contributed by atoms with Crippen LogP contribution < -0.4 is 0 Å². The molecule has 170 valence electrons. The zero-order chi connectivity index (χ0) is 21.3. The molecule has 2 saturated carbocycles. The minimum absolute atomic E-state index is 0.475. The SMILES string of the molecule is CCC/C=C/C=C/COC1CCC(C2CCC(OC/C=C/C=C/CCC)CC2)CC1. The standard InChI is InChI=1S/C28H46O2/c1-3-5-7-9-11-13-23-29-27-19-15-25(16-20-27)26-17-21-28(22-18-26)30-24-14-12-10-8-6-4-2/h7-14,25-28H,3-6,15-24H2,1-2H3/b9-7+,10-8+,13-11+,14-12+. The predicted octanol–water partition coefficient (Wildman–Crippen LogP) is 7.96. The average Bonchev–Trinajstić information content (AvgIpc) is 2.79. The molecule has 0 atom stereocenters. The van der Waals surface area contributed by atoms with Crippen molar-refractivity contribution in [2.45, 2.75) is 103 Å². The summed E-state index contributed by atoms with van der Waals surface area (Å²) in [6, 6.07) is 0. The van der Waals surface area contributed by atoms with Crippen LogP contribution in [0, 0.1) is 11.8 Å². The molecule has 2 aliphatic rings. The van der Waals surface area contributed by atoms with Crippen LogP contribution in [0.5, 0.6) is 0 Å². The molecular formula is C28H46O2. The molecule has 30 heavy (non-hydrogen) atoms. The molecule has 2 aliphatic carbocycles. The number of rotatable bonds is 13. The van der Waals surface area contributed by atoms with Crippen LogP contribution >= 0.6 is 0 Å². The third-order valence-electron chi connectivity index (χ3n) is 6.64. The van der Waals surface area contributed by atoms with Crippen molar-refractivity contribution in [1.82, 2.24) is 0 Å². The molecule has 2 fully saturated rings. The van der Waals surface area contributed by atoms with Crippen molar-refractivity contribution < 1.29 is 9.47 Å². The Morgan fingerprint density at radius 1 is 0.533 bits per heavy atom. The summed E-state index contributed by atoms with van der Waals surface area (Å²) in [4.78, 5) is 0. The average molecular weight is 415 g/mol. The predicted molar refractivity (Wildman–Crippen MR) is 130 cm³/mol. The van der Waals surface area contributed by atoms with Gasteiger partial charge in [-0.2, -0.15) is 0 Å². The van der Waals surface area contributed by atoms with E-state index in [1.165, 1.54) is 64.2 Å². The minimum Gasteiger partial charge on any atom is -0.374 e. The second kappa shape index (κ2) is 16.6. The van der Waals surface area contributed by atoms with Gasteiger partial charge in [0.05, 0.1) is 25.4 Å². The first-order chi connectivity index (χ1) is 14.8. The van der Waals surface area contributed by atoms with Gasteiger partial charge in [0.1, 0.15) is 0 Å². The van der Waals surface area contributed by atoms with Crippen LogP contribution in [0.4, 0.5) is 0 Å². The highest BCUT2D eigenvalue weighted by atomic mass is 16.5. The molecule has 0 aliphatic heterocycles. The Labute approximate surface area is 186 Å². The van der Waals surface area contributed by atoms with E-state index in [2.05, 4.69) is 62.5 Å². The van der Waals surface area contributed by atoms with Crippen molar-refractivity contribution in [2.24, 2.45) is 11.8 Å². The van der Waals surface area contributed by atoms with E-state index in [4.69, 9.17) is 9.47 Å². The Hall–Kier alpha value is -1.12. The van der Waals surface area contributed by atoms with E-state index in [9.17, 15) is 0 Å². The van der Waals surface area contributed by atoms with E-state index in [1.54, 1.807) is 0 Å². The van der Waals surface area contributed by atoms with Gasteiger partial charge >= 0.3 is 0 Å². The largest absolute Gasteiger partial charge is 0.374 e. The van der Waals surface area contributed by atoms with Gasteiger partial charge < -0.3 is 9.47 Å². The highest BCUT2D eigenvalue weighted by Gasteiger charge is 2.31. The van der Waals surface area contributed by atoms with Crippen LogP contribution in [0.3, 0.4) is 0 Å². The fourth-order valence-electron chi connectivity index (χ4n) is 4.79. The maximum Gasteiger partial charge on any atom is 0.0654 e. The van der Waals surface area contributed by atoms with Crippen LogP contribution in [-0.2, 0) is 9.47 Å². The molecule has 2 heteroatoms. The highest BCUT2D eigenvalue weighted by Crippen LogP contribution is 2.39. The Balaban J connectivity index is 1.53. The first kappa shape index (κ1) is 25.1. The van der Waals surface area contributed by atoms with Gasteiger partial charge in [-0.05, 0) is 76.0 Å². The topological polar surface area (TPSA) is 18.5 Å². The van der Waals surface area contributed by atoms with Gasteiger partial charge in [0.15, 0.2) is 0 Å². The Kier molecular flexibility index (Phi) is 13.9. The van der Waals surface area contributed by atoms with E-state index in [0.29, 0.717) is 12.2 Å². The van der Waals surface area contributed by atoms with E-state index in [0.717, 1.165) is 37.9 Å². The molecule has 0 aromatic carbocycles. The summed E-state index contributed by atoms with van der Waals surface area (Å²) in [6.07, 6.45) is 33.4. The molecule has 2 rings (SSSR count).